The van der Waals surface area contributed by atoms with Gasteiger partial charge in [0.05, 0.1) is 30.3 Å². The number of piperidine rings is 1. The number of fused-ring (bicyclic) bond motifs is 3. The molecule has 44 heavy (non-hydrogen) atoms. The van der Waals surface area contributed by atoms with Crippen LogP contribution in [0.4, 0.5) is 15.0 Å². The topological polar surface area (TPSA) is 130 Å². The van der Waals surface area contributed by atoms with Gasteiger partial charge in [-0.25, -0.2) is 9.18 Å². The molecule has 11 nitrogen and oxygen atoms in total. The standard InChI is InChI=1S/C32H39FN8O3/c1-4-43-30(42)37-20-7-5-10-41(15-20)28-23-13-35-26(21-11-19(2)12-24-22(21)14-36-40-24)25(33)27(23)38-29(39-28)44-18-32-8-6-9-34-17-31(32,3)16-32/h11-14,20,34H,4-10,15-18H2,1-3H3,(H,36,40)(H,37,42). The van der Waals surface area contributed by atoms with E-state index >= 15 is 4.39 Å². The molecule has 3 atom stereocenters. The molecule has 3 fully saturated rings. The van der Waals surface area contributed by atoms with Gasteiger partial charge in [0, 0.05) is 48.2 Å². The van der Waals surface area contributed by atoms with Gasteiger partial charge in [-0.2, -0.15) is 15.1 Å². The lowest BCUT2D eigenvalue weighted by Crippen LogP contribution is -2.48. The summed E-state index contributed by atoms with van der Waals surface area (Å²) in [5.41, 5.74) is 3.01. The number of amides is 1. The fourth-order valence-electron chi connectivity index (χ4n) is 7.29. The van der Waals surface area contributed by atoms with E-state index < -0.39 is 11.9 Å². The number of nitrogens with zero attached hydrogens (tertiary/aromatic N) is 5. The zero-order valence-electron chi connectivity index (χ0n) is 25.5. The summed E-state index contributed by atoms with van der Waals surface area (Å²) in [4.78, 5) is 28.4. The second kappa shape index (κ2) is 11.1. The highest BCUT2D eigenvalue weighted by atomic mass is 19.1. The minimum atomic E-state index is -0.532. The summed E-state index contributed by atoms with van der Waals surface area (Å²) in [6.07, 6.45) is 7.77. The molecule has 1 amide bonds. The van der Waals surface area contributed by atoms with Crippen LogP contribution in [-0.2, 0) is 4.74 Å². The van der Waals surface area contributed by atoms with Crippen molar-refractivity contribution in [1.82, 2.24) is 35.8 Å². The number of H-pyrrole nitrogens is 1. The Hall–Kier alpha value is -4.06. The van der Waals surface area contributed by atoms with Crippen LogP contribution < -0.4 is 20.3 Å². The molecule has 4 aromatic rings. The van der Waals surface area contributed by atoms with Crippen molar-refractivity contribution in [2.45, 2.75) is 58.9 Å². The monoisotopic (exact) mass is 602 g/mol. The lowest BCUT2D eigenvalue weighted by molar-refractivity contribution is 0.146. The molecule has 3 unspecified atom stereocenters. The van der Waals surface area contributed by atoms with Crippen LogP contribution >= 0.6 is 0 Å². The van der Waals surface area contributed by atoms with E-state index in [4.69, 9.17) is 14.5 Å². The Bertz CT molecular complexity index is 1730. The molecule has 232 valence electrons. The van der Waals surface area contributed by atoms with Crippen molar-refractivity contribution in [2.24, 2.45) is 10.8 Å². The number of aryl methyl sites for hydroxylation is 1. The number of pyridine rings is 1. The highest BCUT2D eigenvalue weighted by Crippen LogP contribution is 2.66. The zero-order valence-corrected chi connectivity index (χ0v) is 25.5. The van der Waals surface area contributed by atoms with Crippen molar-refractivity contribution in [3.05, 3.63) is 35.9 Å². The molecule has 1 saturated carbocycles. The molecular formula is C32H39FN8O3. The second-order valence-corrected chi connectivity index (χ2v) is 12.9. The molecular weight excluding hydrogens is 563 g/mol. The number of hydrogen-bond donors (Lipinski definition) is 3. The number of carbonyl (C=O) groups excluding carboxylic acids is 1. The smallest absolute Gasteiger partial charge is 0.407 e. The van der Waals surface area contributed by atoms with Crippen LogP contribution in [0.25, 0.3) is 33.1 Å². The SMILES string of the molecule is CCOC(=O)NC1CCCN(c2nc(OCC34CCCNCC3(C)C4)nc3c(F)c(-c4cc(C)cc5[nH]ncc45)ncc23)C1. The Labute approximate surface area is 255 Å². The van der Waals surface area contributed by atoms with Crippen LogP contribution in [0.1, 0.15) is 51.5 Å². The summed E-state index contributed by atoms with van der Waals surface area (Å²) in [5, 5.41) is 14.9. The van der Waals surface area contributed by atoms with Crippen LogP contribution in [0.15, 0.2) is 24.5 Å². The highest BCUT2D eigenvalue weighted by molar-refractivity contribution is 5.98. The summed E-state index contributed by atoms with van der Waals surface area (Å²) in [6.45, 7) is 9.99. The molecule has 1 aliphatic carbocycles. The van der Waals surface area contributed by atoms with E-state index in [-0.39, 0.29) is 34.1 Å². The normalized spacial score (nSPS) is 25.0. The fourth-order valence-corrected chi connectivity index (χ4v) is 7.29. The number of aromatic amines is 1. The fraction of sp³-hybridized carbons (Fsp3) is 0.531. The average Bonchev–Trinajstić information content (AvgIpc) is 3.35. The number of benzene rings is 1. The number of anilines is 1. The van der Waals surface area contributed by atoms with Crippen molar-refractivity contribution in [2.75, 3.05) is 44.3 Å². The van der Waals surface area contributed by atoms with Gasteiger partial charge in [0.25, 0.3) is 0 Å². The van der Waals surface area contributed by atoms with Gasteiger partial charge in [-0.05, 0) is 75.6 Å². The van der Waals surface area contributed by atoms with Crippen LogP contribution in [0.3, 0.4) is 0 Å². The maximum atomic E-state index is 16.6. The molecule has 7 rings (SSSR count). The van der Waals surface area contributed by atoms with Gasteiger partial charge < -0.3 is 25.0 Å². The Kier molecular flexibility index (Phi) is 7.26. The van der Waals surface area contributed by atoms with Crippen LogP contribution in [-0.4, -0.2) is 76.7 Å². The van der Waals surface area contributed by atoms with Gasteiger partial charge in [-0.1, -0.05) is 6.92 Å². The predicted molar refractivity (Wildman–Crippen MR) is 165 cm³/mol. The number of nitrogens with one attached hydrogen (secondary N) is 3. The Balaban J connectivity index is 1.28. The number of hydrogen-bond acceptors (Lipinski definition) is 9. The second-order valence-electron chi connectivity index (χ2n) is 12.9. The quantitative estimate of drug-likeness (QED) is 0.271. The number of aromatic nitrogens is 5. The molecule has 3 aromatic heterocycles. The van der Waals surface area contributed by atoms with Crippen molar-refractivity contribution >= 4 is 33.7 Å². The molecule has 12 heteroatoms. The number of halogens is 1. The maximum Gasteiger partial charge on any atom is 0.407 e. The van der Waals surface area contributed by atoms with E-state index in [0.717, 1.165) is 61.7 Å². The van der Waals surface area contributed by atoms with E-state index in [9.17, 15) is 4.79 Å². The largest absolute Gasteiger partial charge is 0.463 e. The van der Waals surface area contributed by atoms with Gasteiger partial charge >= 0.3 is 12.1 Å². The Morgan fingerprint density at radius 1 is 1.23 bits per heavy atom. The Morgan fingerprint density at radius 2 is 2.11 bits per heavy atom. The summed E-state index contributed by atoms with van der Waals surface area (Å²) in [6, 6.07) is 3.91. The lowest BCUT2D eigenvalue weighted by atomic mass is 9.91. The van der Waals surface area contributed by atoms with E-state index in [2.05, 4.69) is 42.6 Å². The molecule has 3 aliphatic rings. The van der Waals surface area contributed by atoms with E-state index in [1.165, 1.54) is 0 Å². The molecule has 0 bridgehead atoms. The first-order valence-corrected chi connectivity index (χ1v) is 15.6. The van der Waals surface area contributed by atoms with Crippen molar-refractivity contribution in [3.8, 4) is 17.3 Å². The van der Waals surface area contributed by atoms with Crippen molar-refractivity contribution in [1.29, 1.82) is 0 Å². The van der Waals surface area contributed by atoms with Crippen LogP contribution in [0.5, 0.6) is 6.01 Å². The molecule has 5 heterocycles. The molecule has 2 saturated heterocycles. The summed E-state index contributed by atoms with van der Waals surface area (Å²) < 4.78 is 28.1. The third-order valence-electron chi connectivity index (χ3n) is 9.81. The molecule has 2 aliphatic heterocycles. The summed E-state index contributed by atoms with van der Waals surface area (Å²) in [7, 11) is 0. The van der Waals surface area contributed by atoms with Crippen LogP contribution in [0, 0.1) is 23.6 Å². The van der Waals surface area contributed by atoms with Gasteiger partial charge in [0.2, 0.25) is 0 Å². The first-order valence-electron chi connectivity index (χ1n) is 15.6. The average molecular weight is 603 g/mol. The maximum absolute atomic E-state index is 16.6. The zero-order chi connectivity index (χ0) is 30.5. The highest BCUT2D eigenvalue weighted by Gasteiger charge is 2.64. The number of rotatable bonds is 7. The molecule has 3 N–H and O–H groups in total. The number of ether oxygens (including phenoxy) is 2. The van der Waals surface area contributed by atoms with E-state index in [1.807, 2.05) is 19.1 Å². The van der Waals surface area contributed by atoms with Crippen molar-refractivity contribution in [3.63, 3.8) is 0 Å². The minimum Gasteiger partial charge on any atom is -0.463 e. The third-order valence-corrected chi connectivity index (χ3v) is 9.81. The minimum absolute atomic E-state index is 0.0607. The molecule has 0 radical (unpaired) electrons. The van der Waals surface area contributed by atoms with E-state index in [0.29, 0.717) is 43.1 Å². The van der Waals surface area contributed by atoms with Gasteiger partial charge in [-0.15, -0.1) is 0 Å². The summed E-state index contributed by atoms with van der Waals surface area (Å²) >= 11 is 0. The molecule has 0 spiro atoms. The Morgan fingerprint density at radius 3 is 2.98 bits per heavy atom. The van der Waals surface area contributed by atoms with Gasteiger partial charge in [0.1, 0.15) is 17.0 Å². The first kappa shape index (κ1) is 28.7. The lowest BCUT2D eigenvalue weighted by Gasteiger charge is -2.34. The summed E-state index contributed by atoms with van der Waals surface area (Å²) in [5.74, 6) is 0.0185. The van der Waals surface area contributed by atoms with Gasteiger partial charge in [0.15, 0.2) is 5.82 Å². The number of carbonyl (C=O) groups is 1. The van der Waals surface area contributed by atoms with Gasteiger partial charge in [-0.3, -0.25) is 10.1 Å². The number of alkyl carbamates (subject to hydrolysis) is 1. The third kappa shape index (κ3) is 5.08. The van der Waals surface area contributed by atoms with E-state index in [1.54, 1.807) is 19.3 Å². The van der Waals surface area contributed by atoms with Crippen molar-refractivity contribution < 1.29 is 18.7 Å². The van der Waals surface area contributed by atoms with Crippen LogP contribution in [0.2, 0.25) is 0 Å². The molecule has 1 aromatic carbocycles. The predicted octanol–water partition coefficient (Wildman–Crippen LogP) is 4.89. The first-order chi connectivity index (χ1) is 21.3.